The third-order valence-electron chi connectivity index (χ3n) is 6.43. The zero-order valence-corrected chi connectivity index (χ0v) is 13.9. The molecule has 4 aliphatic carbocycles. The van der Waals surface area contributed by atoms with E-state index in [1.165, 1.54) is 32.1 Å². The molecule has 0 unspecified atom stereocenters. The first-order valence-corrected chi connectivity index (χ1v) is 9.15. The van der Waals surface area contributed by atoms with Crippen LogP contribution < -0.4 is 5.32 Å². The van der Waals surface area contributed by atoms with E-state index in [1.807, 2.05) is 4.52 Å². The minimum Gasteiger partial charge on any atom is -0.379 e. The van der Waals surface area contributed by atoms with Crippen molar-refractivity contribution in [2.24, 2.45) is 23.7 Å². The van der Waals surface area contributed by atoms with Gasteiger partial charge >= 0.3 is 0 Å². The highest BCUT2D eigenvalue weighted by molar-refractivity contribution is 5.67. The second-order valence-corrected chi connectivity index (χ2v) is 8.34. The second-order valence-electron chi connectivity index (χ2n) is 8.34. The van der Waals surface area contributed by atoms with Gasteiger partial charge in [0.25, 0.3) is 0 Å². The van der Waals surface area contributed by atoms with E-state index in [-0.39, 0.29) is 0 Å². The SMILES string of the molecule is CC(C)c1cc(NC2C3CC4CC(C3)CC2C4)c2nncn2n1. The maximum atomic E-state index is 4.63. The zero-order chi connectivity index (χ0) is 15.6. The lowest BCUT2D eigenvalue weighted by atomic mass is 9.54. The van der Waals surface area contributed by atoms with Gasteiger partial charge in [-0.2, -0.15) is 9.61 Å². The van der Waals surface area contributed by atoms with Gasteiger partial charge in [-0.3, -0.25) is 0 Å². The van der Waals surface area contributed by atoms with Crippen LogP contribution in [0, 0.1) is 23.7 Å². The molecule has 122 valence electrons. The Kier molecular flexibility index (Phi) is 2.94. The van der Waals surface area contributed by atoms with Gasteiger partial charge in [0.2, 0.25) is 5.65 Å². The predicted molar refractivity (Wildman–Crippen MR) is 89.3 cm³/mol. The van der Waals surface area contributed by atoms with E-state index in [1.54, 1.807) is 6.33 Å². The third-order valence-corrected chi connectivity index (χ3v) is 6.43. The number of rotatable bonds is 3. The molecule has 0 saturated heterocycles. The van der Waals surface area contributed by atoms with Gasteiger partial charge in [0.15, 0.2) is 0 Å². The standard InChI is InChI=1S/C18H25N5/c1-10(2)15-8-16(18-21-19-9-23(18)22-15)20-17-13-4-11-3-12(6-13)7-14(17)5-11/h8-14,17,20H,3-7H2,1-2H3. The summed E-state index contributed by atoms with van der Waals surface area (Å²) < 4.78 is 1.83. The van der Waals surface area contributed by atoms with Gasteiger partial charge in [0, 0.05) is 6.04 Å². The van der Waals surface area contributed by atoms with Crippen LogP contribution in [0.4, 0.5) is 5.69 Å². The summed E-state index contributed by atoms with van der Waals surface area (Å²) in [4.78, 5) is 0. The van der Waals surface area contributed by atoms with E-state index >= 15 is 0 Å². The first-order chi connectivity index (χ1) is 11.2. The van der Waals surface area contributed by atoms with E-state index in [0.717, 1.165) is 40.7 Å². The van der Waals surface area contributed by atoms with Crippen LogP contribution in [0.1, 0.15) is 57.6 Å². The molecule has 0 spiro atoms. The molecule has 0 aromatic carbocycles. The Bertz CT molecular complexity index is 706. The van der Waals surface area contributed by atoms with Crippen molar-refractivity contribution in [1.82, 2.24) is 19.8 Å². The maximum Gasteiger partial charge on any atom is 0.200 e. The molecule has 0 aliphatic heterocycles. The minimum atomic E-state index is 0.404. The molecule has 5 nitrogen and oxygen atoms in total. The van der Waals surface area contributed by atoms with Gasteiger partial charge in [-0.05, 0) is 67.8 Å². The molecule has 6 rings (SSSR count). The van der Waals surface area contributed by atoms with Crippen molar-refractivity contribution >= 4 is 11.3 Å². The van der Waals surface area contributed by atoms with Crippen molar-refractivity contribution in [2.45, 2.75) is 57.9 Å². The molecular formula is C18H25N5. The van der Waals surface area contributed by atoms with E-state index in [0.29, 0.717) is 12.0 Å². The van der Waals surface area contributed by atoms with Crippen molar-refractivity contribution in [3.8, 4) is 0 Å². The van der Waals surface area contributed by atoms with E-state index < -0.39 is 0 Å². The third kappa shape index (κ3) is 2.16. The molecule has 4 fully saturated rings. The average Bonchev–Trinajstić information content (AvgIpc) is 2.98. The lowest BCUT2D eigenvalue weighted by molar-refractivity contribution is 0.00756. The van der Waals surface area contributed by atoms with Crippen LogP contribution >= 0.6 is 0 Å². The number of nitrogens with zero attached hydrogens (tertiary/aromatic N) is 4. The van der Waals surface area contributed by atoms with Crippen molar-refractivity contribution in [1.29, 1.82) is 0 Å². The molecule has 2 aromatic rings. The molecule has 0 amide bonds. The normalized spacial score (nSPS) is 35.3. The predicted octanol–water partition coefficient (Wildman–Crippen LogP) is 3.48. The average molecular weight is 311 g/mol. The number of hydrogen-bond donors (Lipinski definition) is 1. The summed E-state index contributed by atoms with van der Waals surface area (Å²) in [6, 6.07) is 2.81. The molecule has 4 bridgehead atoms. The monoisotopic (exact) mass is 311 g/mol. The van der Waals surface area contributed by atoms with Crippen LogP contribution in [0.2, 0.25) is 0 Å². The number of aromatic nitrogens is 4. The highest BCUT2D eigenvalue weighted by Crippen LogP contribution is 2.54. The molecule has 4 aliphatic rings. The molecule has 2 aromatic heterocycles. The number of hydrogen-bond acceptors (Lipinski definition) is 4. The van der Waals surface area contributed by atoms with Crippen LogP contribution in [-0.2, 0) is 0 Å². The fourth-order valence-electron chi connectivity index (χ4n) is 5.57. The first-order valence-electron chi connectivity index (χ1n) is 9.15. The van der Waals surface area contributed by atoms with Crippen LogP contribution in [0.5, 0.6) is 0 Å². The molecule has 0 radical (unpaired) electrons. The number of nitrogens with one attached hydrogen (secondary N) is 1. The molecule has 4 saturated carbocycles. The van der Waals surface area contributed by atoms with Crippen molar-refractivity contribution in [3.63, 3.8) is 0 Å². The van der Waals surface area contributed by atoms with Gasteiger partial charge in [0.05, 0.1) is 11.4 Å². The summed E-state index contributed by atoms with van der Waals surface area (Å²) in [6.45, 7) is 4.37. The van der Waals surface area contributed by atoms with Crippen molar-refractivity contribution < 1.29 is 0 Å². The first kappa shape index (κ1) is 13.8. The molecule has 1 N–H and O–H groups in total. The fraction of sp³-hybridized carbons (Fsp3) is 0.722. The molecule has 0 atom stereocenters. The summed E-state index contributed by atoms with van der Waals surface area (Å²) >= 11 is 0. The minimum absolute atomic E-state index is 0.404. The topological polar surface area (TPSA) is 55.1 Å². The maximum absolute atomic E-state index is 4.63. The Hall–Kier alpha value is -1.65. The summed E-state index contributed by atoms with van der Waals surface area (Å²) in [7, 11) is 0. The fourth-order valence-corrected chi connectivity index (χ4v) is 5.57. The van der Waals surface area contributed by atoms with Gasteiger partial charge in [-0.25, -0.2) is 0 Å². The zero-order valence-electron chi connectivity index (χ0n) is 13.9. The van der Waals surface area contributed by atoms with Crippen molar-refractivity contribution in [2.75, 3.05) is 5.32 Å². The van der Waals surface area contributed by atoms with E-state index in [9.17, 15) is 0 Å². The summed E-state index contributed by atoms with van der Waals surface area (Å²) in [5, 5.41) is 16.9. The Morgan fingerprint density at radius 1 is 1.09 bits per heavy atom. The molecular weight excluding hydrogens is 286 g/mol. The van der Waals surface area contributed by atoms with Gasteiger partial charge in [-0.15, -0.1) is 10.2 Å². The summed E-state index contributed by atoms with van der Waals surface area (Å²) in [6.07, 6.45) is 8.92. The van der Waals surface area contributed by atoms with Gasteiger partial charge in [-0.1, -0.05) is 13.8 Å². The smallest absolute Gasteiger partial charge is 0.200 e. The molecule has 5 heteroatoms. The highest BCUT2D eigenvalue weighted by atomic mass is 15.3. The van der Waals surface area contributed by atoms with E-state index in [4.69, 9.17) is 0 Å². The summed E-state index contributed by atoms with van der Waals surface area (Å²) in [5.41, 5.74) is 3.09. The molecule has 2 heterocycles. The van der Waals surface area contributed by atoms with Gasteiger partial charge in [0.1, 0.15) is 6.33 Å². The van der Waals surface area contributed by atoms with Gasteiger partial charge < -0.3 is 5.32 Å². The molecule has 23 heavy (non-hydrogen) atoms. The Balaban J connectivity index is 1.50. The second kappa shape index (κ2) is 4.92. The van der Waals surface area contributed by atoms with Crippen LogP contribution in [-0.4, -0.2) is 25.9 Å². The van der Waals surface area contributed by atoms with Crippen LogP contribution in [0.25, 0.3) is 5.65 Å². The van der Waals surface area contributed by atoms with Crippen LogP contribution in [0.15, 0.2) is 12.4 Å². The highest BCUT2D eigenvalue weighted by Gasteiger charge is 2.48. The Labute approximate surface area is 136 Å². The quantitative estimate of drug-likeness (QED) is 0.943. The largest absolute Gasteiger partial charge is 0.379 e. The Morgan fingerprint density at radius 2 is 1.78 bits per heavy atom. The lowest BCUT2D eigenvalue weighted by Crippen LogP contribution is -2.51. The number of fused-ring (bicyclic) bond motifs is 1. The van der Waals surface area contributed by atoms with Crippen LogP contribution in [0.3, 0.4) is 0 Å². The van der Waals surface area contributed by atoms with E-state index in [2.05, 4.69) is 40.5 Å². The van der Waals surface area contributed by atoms with Crippen molar-refractivity contribution in [3.05, 3.63) is 18.1 Å². The Morgan fingerprint density at radius 3 is 2.43 bits per heavy atom. The lowest BCUT2D eigenvalue weighted by Gasteiger charge is -2.54. The number of anilines is 1. The summed E-state index contributed by atoms with van der Waals surface area (Å²) in [5.74, 6) is 4.12.